The molecule has 2 unspecified atom stereocenters. The van der Waals surface area contributed by atoms with E-state index in [9.17, 15) is 9.90 Å². The first-order valence-electron chi connectivity index (χ1n) is 6.96. The number of aliphatic hydroxyl groups excluding tert-OH is 1. The van der Waals surface area contributed by atoms with E-state index in [1.54, 1.807) is 0 Å². The summed E-state index contributed by atoms with van der Waals surface area (Å²) in [5.41, 5.74) is 0. The molecule has 18 heavy (non-hydrogen) atoms. The van der Waals surface area contributed by atoms with Crippen LogP contribution in [0.5, 0.6) is 0 Å². The summed E-state index contributed by atoms with van der Waals surface area (Å²) in [4.78, 5) is 16.1. The Bertz CT molecular complexity index is 290. The standard InChI is InChI=1S/C13H25N3O2/c1-15(2)8-11-7-12(17)9-16(11)13(18)14-10-5-3-4-6-10/h10-12,17H,3-9H2,1-2H3,(H,14,18). The largest absolute Gasteiger partial charge is 0.391 e. The summed E-state index contributed by atoms with van der Waals surface area (Å²) in [5, 5.41) is 12.9. The molecule has 1 saturated heterocycles. The number of likely N-dealkylation sites (N-methyl/N-ethyl adjacent to an activating group) is 1. The second-order valence-corrected chi connectivity index (χ2v) is 5.89. The van der Waals surface area contributed by atoms with Gasteiger partial charge >= 0.3 is 6.03 Å². The molecule has 2 N–H and O–H groups in total. The molecule has 0 radical (unpaired) electrons. The number of amides is 2. The number of hydrogen-bond acceptors (Lipinski definition) is 3. The summed E-state index contributed by atoms with van der Waals surface area (Å²) in [5.74, 6) is 0. The van der Waals surface area contributed by atoms with E-state index in [1.807, 2.05) is 19.0 Å². The molecule has 2 aliphatic rings. The van der Waals surface area contributed by atoms with Gasteiger partial charge in [0.1, 0.15) is 0 Å². The number of urea groups is 1. The minimum Gasteiger partial charge on any atom is -0.391 e. The summed E-state index contributed by atoms with van der Waals surface area (Å²) >= 11 is 0. The third-order valence-corrected chi connectivity index (χ3v) is 3.91. The predicted molar refractivity (Wildman–Crippen MR) is 70.5 cm³/mol. The lowest BCUT2D eigenvalue weighted by molar-refractivity contribution is 0.164. The quantitative estimate of drug-likeness (QED) is 0.778. The molecular formula is C13H25N3O2. The monoisotopic (exact) mass is 255 g/mol. The van der Waals surface area contributed by atoms with Crippen molar-refractivity contribution in [3.8, 4) is 0 Å². The molecular weight excluding hydrogens is 230 g/mol. The Labute approximate surface area is 109 Å². The lowest BCUT2D eigenvalue weighted by Crippen LogP contribution is -2.48. The van der Waals surface area contributed by atoms with Crippen molar-refractivity contribution in [2.24, 2.45) is 0 Å². The summed E-state index contributed by atoms with van der Waals surface area (Å²) in [6.45, 7) is 1.28. The molecule has 0 aromatic heterocycles. The predicted octanol–water partition coefficient (Wildman–Crippen LogP) is 0.635. The topological polar surface area (TPSA) is 55.8 Å². The van der Waals surface area contributed by atoms with Crippen molar-refractivity contribution in [2.45, 2.75) is 50.3 Å². The third-order valence-electron chi connectivity index (χ3n) is 3.91. The van der Waals surface area contributed by atoms with Crippen LogP contribution in [-0.4, -0.2) is 66.3 Å². The highest BCUT2D eigenvalue weighted by molar-refractivity contribution is 5.75. The Morgan fingerprint density at radius 2 is 2.06 bits per heavy atom. The summed E-state index contributed by atoms with van der Waals surface area (Å²) < 4.78 is 0. The van der Waals surface area contributed by atoms with Crippen LogP contribution >= 0.6 is 0 Å². The molecule has 1 aliphatic carbocycles. The third kappa shape index (κ3) is 3.36. The Morgan fingerprint density at radius 1 is 1.39 bits per heavy atom. The van der Waals surface area contributed by atoms with Gasteiger partial charge in [0.05, 0.1) is 6.10 Å². The second-order valence-electron chi connectivity index (χ2n) is 5.89. The summed E-state index contributed by atoms with van der Waals surface area (Å²) in [7, 11) is 4.00. The molecule has 0 aromatic carbocycles. The van der Waals surface area contributed by atoms with Gasteiger partial charge in [-0.2, -0.15) is 0 Å². The fraction of sp³-hybridized carbons (Fsp3) is 0.923. The van der Waals surface area contributed by atoms with Gasteiger partial charge in [-0.05, 0) is 33.4 Å². The van der Waals surface area contributed by atoms with Gasteiger partial charge in [-0.3, -0.25) is 0 Å². The maximum Gasteiger partial charge on any atom is 0.318 e. The first-order chi connectivity index (χ1) is 8.56. The molecule has 1 aliphatic heterocycles. The van der Waals surface area contributed by atoms with Gasteiger partial charge in [-0.25, -0.2) is 4.79 Å². The Balaban J connectivity index is 1.89. The molecule has 104 valence electrons. The van der Waals surface area contributed by atoms with Crippen LogP contribution in [0.4, 0.5) is 4.79 Å². The molecule has 0 bridgehead atoms. The molecule has 1 heterocycles. The van der Waals surface area contributed by atoms with E-state index in [-0.39, 0.29) is 18.2 Å². The fourth-order valence-electron chi connectivity index (χ4n) is 3.06. The highest BCUT2D eigenvalue weighted by Crippen LogP contribution is 2.21. The number of carbonyl (C=O) groups excluding carboxylic acids is 1. The van der Waals surface area contributed by atoms with Gasteiger partial charge in [-0.15, -0.1) is 0 Å². The van der Waals surface area contributed by atoms with E-state index in [1.165, 1.54) is 12.8 Å². The van der Waals surface area contributed by atoms with Crippen molar-refractivity contribution >= 4 is 6.03 Å². The van der Waals surface area contributed by atoms with Gasteiger partial charge in [0.2, 0.25) is 0 Å². The minimum atomic E-state index is -0.371. The van der Waals surface area contributed by atoms with Gasteiger partial charge in [0.25, 0.3) is 0 Å². The van der Waals surface area contributed by atoms with Crippen LogP contribution in [0.1, 0.15) is 32.1 Å². The highest BCUT2D eigenvalue weighted by Gasteiger charge is 2.35. The van der Waals surface area contributed by atoms with Crippen LogP contribution in [0.2, 0.25) is 0 Å². The number of aliphatic hydroxyl groups is 1. The maximum absolute atomic E-state index is 12.2. The molecule has 1 saturated carbocycles. The zero-order chi connectivity index (χ0) is 13.1. The summed E-state index contributed by atoms with van der Waals surface area (Å²) in [6.07, 6.45) is 4.95. The number of likely N-dealkylation sites (tertiary alicyclic amines) is 1. The zero-order valence-corrected chi connectivity index (χ0v) is 11.4. The lowest BCUT2D eigenvalue weighted by Gasteiger charge is -2.28. The van der Waals surface area contributed by atoms with Crippen LogP contribution in [0.3, 0.4) is 0 Å². The SMILES string of the molecule is CN(C)CC1CC(O)CN1C(=O)NC1CCCC1. The van der Waals surface area contributed by atoms with E-state index >= 15 is 0 Å². The van der Waals surface area contributed by atoms with E-state index < -0.39 is 0 Å². The van der Waals surface area contributed by atoms with Gasteiger partial charge < -0.3 is 20.2 Å². The normalized spacial score (nSPS) is 29.2. The van der Waals surface area contributed by atoms with Crippen LogP contribution in [0, 0.1) is 0 Å². The Kier molecular flexibility index (Phi) is 4.45. The highest BCUT2D eigenvalue weighted by atomic mass is 16.3. The molecule has 2 amide bonds. The van der Waals surface area contributed by atoms with Crippen molar-refractivity contribution in [3.63, 3.8) is 0 Å². The molecule has 2 atom stereocenters. The van der Waals surface area contributed by atoms with Crippen LogP contribution < -0.4 is 5.32 Å². The fourth-order valence-corrected chi connectivity index (χ4v) is 3.06. The summed E-state index contributed by atoms with van der Waals surface area (Å²) in [6, 6.07) is 0.483. The molecule has 5 heteroatoms. The number of β-amino-alcohol motifs (C(OH)–C–C–N with tert-alkyl or cyclic N) is 1. The number of hydrogen-bond donors (Lipinski definition) is 2. The number of rotatable bonds is 3. The van der Waals surface area contributed by atoms with Crippen molar-refractivity contribution in [2.75, 3.05) is 27.2 Å². The van der Waals surface area contributed by atoms with Crippen LogP contribution in [-0.2, 0) is 0 Å². The van der Waals surface area contributed by atoms with E-state index in [4.69, 9.17) is 0 Å². The van der Waals surface area contributed by atoms with Crippen LogP contribution in [0.25, 0.3) is 0 Å². The molecule has 0 spiro atoms. The molecule has 0 aromatic rings. The zero-order valence-electron chi connectivity index (χ0n) is 11.4. The minimum absolute atomic E-state index is 0.00491. The van der Waals surface area contributed by atoms with Gasteiger partial charge in [0.15, 0.2) is 0 Å². The number of nitrogens with zero attached hydrogens (tertiary/aromatic N) is 2. The molecule has 2 rings (SSSR count). The average molecular weight is 255 g/mol. The number of nitrogens with one attached hydrogen (secondary N) is 1. The van der Waals surface area contributed by atoms with Crippen molar-refractivity contribution in [3.05, 3.63) is 0 Å². The molecule has 2 fully saturated rings. The lowest BCUT2D eigenvalue weighted by atomic mass is 10.2. The van der Waals surface area contributed by atoms with Crippen molar-refractivity contribution in [1.29, 1.82) is 0 Å². The molecule has 5 nitrogen and oxygen atoms in total. The second kappa shape index (κ2) is 5.89. The van der Waals surface area contributed by atoms with Crippen molar-refractivity contribution in [1.82, 2.24) is 15.1 Å². The van der Waals surface area contributed by atoms with E-state index in [0.29, 0.717) is 19.0 Å². The first kappa shape index (κ1) is 13.6. The van der Waals surface area contributed by atoms with Gasteiger partial charge in [0, 0.05) is 25.2 Å². The van der Waals surface area contributed by atoms with Crippen LogP contribution in [0.15, 0.2) is 0 Å². The smallest absolute Gasteiger partial charge is 0.318 e. The maximum atomic E-state index is 12.2. The van der Waals surface area contributed by atoms with Gasteiger partial charge in [-0.1, -0.05) is 12.8 Å². The average Bonchev–Trinajstić information content (AvgIpc) is 2.87. The Morgan fingerprint density at radius 3 is 2.67 bits per heavy atom. The van der Waals surface area contributed by atoms with Crippen molar-refractivity contribution < 1.29 is 9.90 Å². The van der Waals surface area contributed by atoms with E-state index in [2.05, 4.69) is 10.2 Å². The van der Waals surface area contributed by atoms with E-state index in [0.717, 1.165) is 19.4 Å². The Hall–Kier alpha value is -0.810. The number of carbonyl (C=O) groups is 1. The first-order valence-corrected chi connectivity index (χ1v) is 6.96.